The fourth-order valence-corrected chi connectivity index (χ4v) is 1.71. The number of halogens is 1. The first kappa shape index (κ1) is 12.4. The summed E-state index contributed by atoms with van der Waals surface area (Å²) in [7, 11) is 0. The molecule has 1 aliphatic heterocycles. The second kappa shape index (κ2) is 4.94. The number of hydrogen-bond donors (Lipinski definition) is 1. The molecule has 0 saturated carbocycles. The van der Waals surface area contributed by atoms with Crippen LogP contribution in [0.3, 0.4) is 0 Å². The van der Waals surface area contributed by atoms with Crippen LogP contribution in [0.15, 0.2) is 24.3 Å². The molecular formula is C10H12ClN3O2. The van der Waals surface area contributed by atoms with Gasteiger partial charge in [0.1, 0.15) is 5.84 Å². The van der Waals surface area contributed by atoms with Gasteiger partial charge in [0.25, 0.3) is 5.69 Å². The van der Waals surface area contributed by atoms with E-state index in [2.05, 4.69) is 0 Å². The Balaban J connectivity index is 0.00000128. The van der Waals surface area contributed by atoms with Crippen molar-refractivity contribution in [3.05, 3.63) is 34.4 Å². The van der Waals surface area contributed by atoms with Gasteiger partial charge >= 0.3 is 0 Å². The van der Waals surface area contributed by atoms with Gasteiger partial charge in [0.15, 0.2) is 0 Å². The van der Waals surface area contributed by atoms with Crippen molar-refractivity contribution in [1.82, 2.24) is 0 Å². The van der Waals surface area contributed by atoms with E-state index in [1.807, 2.05) is 4.90 Å². The summed E-state index contributed by atoms with van der Waals surface area (Å²) in [5.74, 6) is 0.587. The number of nitro groups is 1. The van der Waals surface area contributed by atoms with Crippen LogP contribution in [0.1, 0.15) is 12.8 Å². The molecule has 0 aliphatic carbocycles. The molecule has 1 saturated heterocycles. The molecule has 1 aromatic rings. The predicted octanol–water partition coefficient (Wildman–Crippen LogP) is 2.59. The molecule has 0 bridgehead atoms. The zero-order valence-corrected chi connectivity index (χ0v) is 9.37. The van der Waals surface area contributed by atoms with Gasteiger partial charge in [0.05, 0.1) is 4.92 Å². The molecule has 16 heavy (non-hydrogen) atoms. The molecule has 0 aromatic heterocycles. The van der Waals surface area contributed by atoms with Crippen LogP contribution in [-0.2, 0) is 0 Å². The minimum Gasteiger partial charge on any atom is -0.330 e. The largest absolute Gasteiger partial charge is 0.330 e. The lowest BCUT2D eigenvalue weighted by atomic mass is 10.2. The van der Waals surface area contributed by atoms with Gasteiger partial charge in [-0.15, -0.1) is 12.4 Å². The highest BCUT2D eigenvalue weighted by molar-refractivity contribution is 5.97. The summed E-state index contributed by atoms with van der Waals surface area (Å²) in [6, 6.07) is 6.33. The van der Waals surface area contributed by atoms with Crippen LogP contribution in [0.2, 0.25) is 0 Å². The van der Waals surface area contributed by atoms with Crippen LogP contribution in [0.5, 0.6) is 0 Å². The first-order valence-electron chi connectivity index (χ1n) is 4.78. The topological polar surface area (TPSA) is 70.2 Å². The Morgan fingerprint density at radius 3 is 2.38 bits per heavy atom. The van der Waals surface area contributed by atoms with E-state index in [0.29, 0.717) is 5.84 Å². The van der Waals surface area contributed by atoms with Gasteiger partial charge < -0.3 is 4.90 Å². The summed E-state index contributed by atoms with van der Waals surface area (Å²) < 4.78 is 0. The lowest BCUT2D eigenvalue weighted by Crippen LogP contribution is -2.22. The van der Waals surface area contributed by atoms with Crippen LogP contribution in [0.4, 0.5) is 11.4 Å². The third-order valence-electron chi connectivity index (χ3n) is 2.49. The predicted molar refractivity (Wildman–Crippen MR) is 64.7 cm³/mol. The molecule has 1 fully saturated rings. The molecule has 1 N–H and O–H groups in total. The van der Waals surface area contributed by atoms with Crippen LogP contribution in [0.25, 0.3) is 0 Å². The van der Waals surface area contributed by atoms with E-state index in [-0.39, 0.29) is 18.1 Å². The number of amidine groups is 1. The Labute approximate surface area is 99.1 Å². The van der Waals surface area contributed by atoms with E-state index >= 15 is 0 Å². The molecule has 0 radical (unpaired) electrons. The number of rotatable bonds is 2. The molecule has 1 aliphatic rings. The van der Waals surface area contributed by atoms with Gasteiger partial charge in [-0.2, -0.15) is 0 Å². The van der Waals surface area contributed by atoms with Crippen molar-refractivity contribution >= 4 is 29.6 Å². The Bertz CT molecular complexity index is 405. The van der Waals surface area contributed by atoms with Crippen LogP contribution >= 0.6 is 12.4 Å². The zero-order valence-electron chi connectivity index (χ0n) is 8.55. The fourth-order valence-electron chi connectivity index (χ4n) is 1.71. The summed E-state index contributed by atoms with van der Waals surface area (Å²) in [5, 5.41) is 18.1. The molecule has 86 valence electrons. The number of anilines is 1. The second-order valence-corrected chi connectivity index (χ2v) is 3.48. The van der Waals surface area contributed by atoms with E-state index < -0.39 is 4.92 Å². The molecule has 1 aromatic carbocycles. The molecule has 2 rings (SSSR count). The Morgan fingerprint density at radius 1 is 1.31 bits per heavy atom. The highest BCUT2D eigenvalue weighted by Gasteiger charge is 2.18. The number of hydrogen-bond acceptors (Lipinski definition) is 3. The fraction of sp³-hybridized carbons (Fsp3) is 0.300. The summed E-state index contributed by atoms with van der Waals surface area (Å²) in [4.78, 5) is 11.9. The quantitative estimate of drug-likeness (QED) is 0.639. The van der Waals surface area contributed by atoms with Gasteiger partial charge in [-0.3, -0.25) is 15.5 Å². The van der Waals surface area contributed by atoms with Gasteiger partial charge in [-0.25, -0.2) is 0 Å². The van der Waals surface area contributed by atoms with Gasteiger partial charge in [-0.1, -0.05) is 0 Å². The van der Waals surface area contributed by atoms with Crippen LogP contribution in [0, 0.1) is 15.5 Å². The average Bonchev–Trinajstić information content (AvgIpc) is 2.65. The monoisotopic (exact) mass is 241 g/mol. The highest BCUT2D eigenvalue weighted by Crippen LogP contribution is 2.23. The minimum absolute atomic E-state index is 0. The third-order valence-corrected chi connectivity index (χ3v) is 2.49. The zero-order chi connectivity index (χ0) is 10.8. The maximum absolute atomic E-state index is 10.4. The Morgan fingerprint density at radius 2 is 1.94 bits per heavy atom. The van der Waals surface area contributed by atoms with Crippen LogP contribution < -0.4 is 4.90 Å². The van der Waals surface area contributed by atoms with Crippen LogP contribution in [-0.4, -0.2) is 17.3 Å². The van der Waals surface area contributed by atoms with Crippen molar-refractivity contribution in [2.24, 2.45) is 0 Å². The summed E-state index contributed by atoms with van der Waals surface area (Å²) in [6.45, 7) is 0.830. The smallest absolute Gasteiger partial charge is 0.269 e. The van der Waals surface area contributed by atoms with Crippen molar-refractivity contribution in [2.75, 3.05) is 11.4 Å². The second-order valence-electron chi connectivity index (χ2n) is 3.48. The van der Waals surface area contributed by atoms with Gasteiger partial charge in [-0.05, 0) is 18.6 Å². The molecule has 0 unspecified atom stereocenters. The lowest BCUT2D eigenvalue weighted by molar-refractivity contribution is -0.384. The number of nitrogens with zero attached hydrogens (tertiary/aromatic N) is 2. The molecule has 1 heterocycles. The SMILES string of the molecule is Cl.N=C1CCCN1c1ccc([N+](=O)[O-])cc1. The third kappa shape index (κ3) is 2.30. The summed E-state index contributed by atoms with van der Waals surface area (Å²) in [5.41, 5.74) is 0.951. The molecule has 0 spiro atoms. The number of benzene rings is 1. The standard InChI is InChI=1S/C10H11N3O2.ClH/c11-10-2-1-7-12(10)8-3-5-9(6-4-8)13(14)15;/h3-6,11H,1-2,7H2;1H. The van der Waals surface area contributed by atoms with E-state index in [9.17, 15) is 10.1 Å². The van der Waals surface area contributed by atoms with E-state index in [1.54, 1.807) is 12.1 Å². The van der Waals surface area contributed by atoms with E-state index in [0.717, 1.165) is 25.1 Å². The number of nitrogens with one attached hydrogen (secondary N) is 1. The van der Waals surface area contributed by atoms with Gasteiger partial charge in [0.2, 0.25) is 0 Å². The Hall–Kier alpha value is -1.62. The summed E-state index contributed by atoms with van der Waals surface area (Å²) >= 11 is 0. The normalized spacial score (nSPS) is 14.8. The van der Waals surface area contributed by atoms with Crippen molar-refractivity contribution < 1.29 is 4.92 Å². The molecule has 5 nitrogen and oxygen atoms in total. The van der Waals surface area contributed by atoms with Crippen molar-refractivity contribution in [3.8, 4) is 0 Å². The van der Waals surface area contributed by atoms with E-state index in [1.165, 1.54) is 12.1 Å². The molecule has 6 heteroatoms. The summed E-state index contributed by atoms with van der Waals surface area (Å²) in [6.07, 6.45) is 1.77. The molecular weight excluding hydrogens is 230 g/mol. The van der Waals surface area contributed by atoms with Gasteiger partial charge in [0, 0.05) is 30.8 Å². The van der Waals surface area contributed by atoms with Crippen molar-refractivity contribution in [1.29, 1.82) is 5.41 Å². The average molecular weight is 242 g/mol. The van der Waals surface area contributed by atoms with Crippen molar-refractivity contribution in [3.63, 3.8) is 0 Å². The maximum atomic E-state index is 10.4. The highest BCUT2D eigenvalue weighted by atomic mass is 35.5. The number of non-ortho nitro benzene ring substituents is 1. The number of nitro benzene ring substituents is 1. The maximum Gasteiger partial charge on any atom is 0.269 e. The lowest BCUT2D eigenvalue weighted by Gasteiger charge is -2.17. The first-order chi connectivity index (χ1) is 7.18. The Kier molecular flexibility index (Phi) is 3.84. The molecule has 0 amide bonds. The first-order valence-corrected chi connectivity index (χ1v) is 4.78. The minimum atomic E-state index is -0.418. The molecule has 0 atom stereocenters. The van der Waals surface area contributed by atoms with E-state index in [4.69, 9.17) is 5.41 Å². The van der Waals surface area contributed by atoms with Crippen molar-refractivity contribution in [2.45, 2.75) is 12.8 Å².